The average molecular weight is 361 g/mol. The Balaban J connectivity index is 1.68. The molecule has 0 aliphatic carbocycles. The molecule has 3 amide bonds. The molecule has 132 valence electrons. The third kappa shape index (κ3) is 6.00. The predicted octanol–water partition coefficient (Wildman–Crippen LogP) is 1.45. The van der Waals surface area contributed by atoms with Crippen LogP contribution >= 0.6 is 11.8 Å². The number of hydrogen-bond donors (Lipinski definition) is 3. The SMILES string of the molecule is Cc1ccc(SCC(=O)NNC(=O)C(=O)NCc2ccco2)cc1C. The lowest BCUT2D eigenvalue weighted by Gasteiger charge is -2.08. The minimum Gasteiger partial charge on any atom is -0.467 e. The molecule has 0 aliphatic rings. The Hall–Kier alpha value is -2.74. The number of hydrazine groups is 1. The molecule has 2 rings (SSSR count). The fourth-order valence-electron chi connectivity index (χ4n) is 1.83. The highest BCUT2D eigenvalue weighted by Gasteiger charge is 2.14. The summed E-state index contributed by atoms with van der Waals surface area (Å²) in [6.45, 7) is 4.11. The summed E-state index contributed by atoms with van der Waals surface area (Å²) in [5.41, 5.74) is 6.61. The monoisotopic (exact) mass is 361 g/mol. The lowest BCUT2D eigenvalue weighted by molar-refractivity contribution is -0.140. The summed E-state index contributed by atoms with van der Waals surface area (Å²) >= 11 is 1.34. The first-order valence-electron chi connectivity index (χ1n) is 7.55. The largest absolute Gasteiger partial charge is 0.467 e. The van der Waals surface area contributed by atoms with Crippen molar-refractivity contribution in [3.63, 3.8) is 0 Å². The summed E-state index contributed by atoms with van der Waals surface area (Å²) in [7, 11) is 0. The topological polar surface area (TPSA) is 100 Å². The Kier molecular flexibility index (Phi) is 6.64. The number of benzene rings is 1. The summed E-state index contributed by atoms with van der Waals surface area (Å²) in [5, 5.41) is 2.38. The zero-order valence-corrected chi connectivity index (χ0v) is 14.7. The molecule has 0 spiro atoms. The molecule has 3 N–H and O–H groups in total. The van der Waals surface area contributed by atoms with Crippen LogP contribution in [0.25, 0.3) is 0 Å². The highest BCUT2D eigenvalue weighted by atomic mass is 32.2. The van der Waals surface area contributed by atoms with E-state index in [1.165, 1.54) is 23.6 Å². The number of carbonyl (C=O) groups is 3. The second-order valence-electron chi connectivity index (χ2n) is 5.30. The molecule has 1 aromatic carbocycles. The molecule has 0 unspecified atom stereocenters. The minimum atomic E-state index is -0.948. The zero-order chi connectivity index (χ0) is 18.2. The van der Waals surface area contributed by atoms with Crippen molar-refractivity contribution >= 4 is 29.5 Å². The van der Waals surface area contributed by atoms with E-state index in [0.717, 1.165) is 10.5 Å². The van der Waals surface area contributed by atoms with Crippen molar-refractivity contribution in [1.29, 1.82) is 0 Å². The molecule has 25 heavy (non-hydrogen) atoms. The van der Waals surface area contributed by atoms with Crippen molar-refractivity contribution in [3.05, 3.63) is 53.5 Å². The van der Waals surface area contributed by atoms with Crippen LogP contribution in [0.1, 0.15) is 16.9 Å². The van der Waals surface area contributed by atoms with Crippen LogP contribution in [-0.4, -0.2) is 23.5 Å². The number of aryl methyl sites for hydroxylation is 2. The Bertz CT molecular complexity index is 759. The van der Waals surface area contributed by atoms with Gasteiger partial charge in [0.2, 0.25) is 5.91 Å². The summed E-state index contributed by atoms with van der Waals surface area (Å²) in [6, 6.07) is 9.26. The van der Waals surface area contributed by atoms with Crippen LogP contribution < -0.4 is 16.2 Å². The molecule has 0 saturated heterocycles. The molecule has 0 radical (unpaired) electrons. The van der Waals surface area contributed by atoms with Gasteiger partial charge in [0.1, 0.15) is 5.76 Å². The molecule has 1 heterocycles. The van der Waals surface area contributed by atoms with E-state index >= 15 is 0 Å². The van der Waals surface area contributed by atoms with Gasteiger partial charge in [-0.25, -0.2) is 0 Å². The van der Waals surface area contributed by atoms with Gasteiger partial charge in [-0.1, -0.05) is 6.07 Å². The van der Waals surface area contributed by atoms with Crippen molar-refractivity contribution in [1.82, 2.24) is 16.2 Å². The van der Waals surface area contributed by atoms with E-state index in [-0.39, 0.29) is 12.3 Å². The lowest BCUT2D eigenvalue weighted by Crippen LogP contribution is -2.48. The molecule has 0 aliphatic heterocycles. The van der Waals surface area contributed by atoms with E-state index in [1.807, 2.05) is 32.0 Å². The molecule has 0 bridgehead atoms. The predicted molar refractivity (Wildman–Crippen MR) is 93.5 cm³/mol. The van der Waals surface area contributed by atoms with Gasteiger partial charge in [0.15, 0.2) is 0 Å². The normalized spacial score (nSPS) is 10.2. The number of thioether (sulfide) groups is 1. The highest BCUT2D eigenvalue weighted by molar-refractivity contribution is 8.00. The van der Waals surface area contributed by atoms with E-state index in [0.29, 0.717) is 5.76 Å². The summed E-state index contributed by atoms with van der Waals surface area (Å²) in [5.74, 6) is -1.57. The van der Waals surface area contributed by atoms with Gasteiger partial charge in [-0.05, 0) is 49.2 Å². The molecule has 1 aromatic heterocycles. The number of furan rings is 1. The standard InChI is InChI=1S/C17H19N3O4S/c1-11-5-6-14(8-12(11)2)25-10-15(21)19-20-17(23)16(22)18-9-13-4-3-7-24-13/h3-8H,9-10H2,1-2H3,(H,18,22)(H,19,21)(H,20,23). The fourth-order valence-corrected chi connectivity index (χ4v) is 2.63. The summed E-state index contributed by atoms with van der Waals surface area (Å²) < 4.78 is 5.03. The maximum Gasteiger partial charge on any atom is 0.327 e. The summed E-state index contributed by atoms with van der Waals surface area (Å²) in [6.07, 6.45) is 1.47. The van der Waals surface area contributed by atoms with Gasteiger partial charge >= 0.3 is 11.8 Å². The Labute approximate surface area is 149 Å². The first-order valence-corrected chi connectivity index (χ1v) is 8.53. The molecular weight excluding hydrogens is 342 g/mol. The maximum atomic E-state index is 11.7. The van der Waals surface area contributed by atoms with Gasteiger partial charge in [0, 0.05) is 4.90 Å². The van der Waals surface area contributed by atoms with Crippen molar-refractivity contribution in [2.24, 2.45) is 0 Å². The van der Waals surface area contributed by atoms with Crippen LogP contribution in [0.2, 0.25) is 0 Å². The number of rotatable bonds is 5. The van der Waals surface area contributed by atoms with Crippen LogP contribution in [0, 0.1) is 13.8 Å². The Morgan fingerprint density at radius 1 is 1.04 bits per heavy atom. The lowest BCUT2D eigenvalue weighted by atomic mass is 10.1. The van der Waals surface area contributed by atoms with Crippen molar-refractivity contribution in [2.75, 3.05) is 5.75 Å². The van der Waals surface area contributed by atoms with Gasteiger partial charge in [0.25, 0.3) is 0 Å². The van der Waals surface area contributed by atoms with Crippen LogP contribution in [0.5, 0.6) is 0 Å². The first kappa shape index (κ1) is 18.6. The molecule has 8 heteroatoms. The van der Waals surface area contributed by atoms with Crippen molar-refractivity contribution in [2.45, 2.75) is 25.3 Å². The number of carbonyl (C=O) groups excluding carboxylic acids is 3. The Morgan fingerprint density at radius 3 is 2.52 bits per heavy atom. The third-order valence-corrected chi connectivity index (χ3v) is 4.37. The molecule has 7 nitrogen and oxygen atoms in total. The first-order chi connectivity index (χ1) is 12.0. The third-order valence-electron chi connectivity index (χ3n) is 3.37. The second kappa shape index (κ2) is 8.93. The van der Waals surface area contributed by atoms with E-state index in [4.69, 9.17) is 4.42 Å². The Morgan fingerprint density at radius 2 is 1.84 bits per heavy atom. The van der Waals surface area contributed by atoms with Gasteiger partial charge in [-0.15, -0.1) is 11.8 Å². The molecule has 0 fully saturated rings. The van der Waals surface area contributed by atoms with Crippen molar-refractivity contribution < 1.29 is 18.8 Å². The summed E-state index contributed by atoms with van der Waals surface area (Å²) in [4.78, 5) is 35.9. The van der Waals surface area contributed by atoms with Crippen molar-refractivity contribution in [3.8, 4) is 0 Å². The van der Waals surface area contributed by atoms with E-state index in [9.17, 15) is 14.4 Å². The zero-order valence-electron chi connectivity index (χ0n) is 13.9. The fraction of sp³-hybridized carbons (Fsp3) is 0.235. The number of nitrogens with one attached hydrogen (secondary N) is 3. The van der Waals surface area contributed by atoms with Gasteiger partial charge < -0.3 is 9.73 Å². The minimum absolute atomic E-state index is 0.0931. The molecule has 0 saturated carbocycles. The van der Waals surface area contributed by atoms with E-state index in [2.05, 4.69) is 16.2 Å². The smallest absolute Gasteiger partial charge is 0.327 e. The second-order valence-corrected chi connectivity index (χ2v) is 6.35. The van der Waals surface area contributed by atoms with Gasteiger partial charge in [-0.2, -0.15) is 0 Å². The molecule has 2 aromatic rings. The molecular formula is C17H19N3O4S. The maximum absolute atomic E-state index is 11.7. The molecule has 0 atom stereocenters. The number of hydrogen-bond acceptors (Lipinski definition) is 5. The highest BCUT2D eigenvalue weighted by Crippen LogP contribution is 2.20. The average Bonchev–Trinajstić information content (AvgIpc) is 3.12. The van der Waals surface area contributed by atoms with Crippen LogP contribution in [0.15, 0.2) is 45.9 Å². The van der Waals surface area contributed by atoms with Gasteiger partial charge in [0.05, 0.1) is 18.6 Å². The van der Waals surface area contributed by atoms with Crippen LogP contribution in [0.3, 0.4) is 0 Å². The van der Waals surface area contributed by atoms with E-state index in [1.54, 1.807) is 12.1 Å². The van der Waals surface area contributed by atoms with Crippen LogP contribution in [0.4, 0.5) is 0 Å². The van der Waals surface area contributed by atoms with Crippen LogP contribution in [-0.2, 0) is 20.9 Å². The quantitative estimate of drug-likeness (QED) is 0.425. The number of amides is 3. The van der Waals surface area contributed by atoms with Gasteiger partial charge in [-0.3, -0.25) is 25.2 Å². The van der Waals surface area contributed by atoms with E-state index < -0.39 is 17.7 Å².